The zero-order chi connectivity index (χ0) is 20.1. The van der Waals surface area contributed by atoms with Crippen LogP contribution in [-0.2, 0) is 11.3 Å². The van der Waals surface area contributed by atoms with Crippen molar-refractivity contribution in [2.24, 2.45) is 0 Å². The van der Waals surface area contributed by atoms with Gasteiger partial charge in [-0.25, -0.2) is 4.39 Å². The van der Waals surface area contributed by atoms with Gasteiger partial charge in [-0.15, -0.1) is 0 Å². The number of nitrogens with zero attached hydrogens (tertiary/aromatic N) is 2. The van der Waals surface area contributed by atoms with Gasteiger partial charge in [-0.3, -0.25) is 14.4 Å². The Kier molecular flexibility index (Phi) is 6.20. The SMILES string of the molecule is CN1CCC[C@H](NC(=O)Cn2cc(C(=O)Nc3ccc(F)cc3)ccc2=O)C1. The number of benzene rings is 1. The Morgan fingerprint density at radius 2 is 1.93 bits per heavy atom. The minimum Gasteiger partial charge on any atom is -0.351 e. The van der Waals surface area contributed by atoms with Gasteiger partial charge in [0, 0.05) is 30.5 Å². The average molecular weight is 386 g/mol. The van der Waals surface area contributed by atoms with Crippen molar-refractivity contribution in [3.8, 4) is 0 Å². The monoisotopic (exact) mass is 386 g/mol. The van der Waals surface area contributed by atoms with Crippen molar-refractivity contribution < 1.29 is 14.0 Å². The van der Waals surface area contributed by atoms with Gasteiger partial charge in [0.1, 0.15) is 12.4 Å². The summed E-state index contributed by atoms with van der Waals surface area (Å²) in [6.45, 7) is 1.63. The highest BCUT2D eigenvalue weighted by Gasteiger charge is 2.19. The molecule has 7 nitrogen and oxygen atoms in total. The van der Waals surface area contributed by atoms with Crippen LogP contribution in [0.4, 0.5) is 10.1 Å². The Morgan fingerprint density at radius 3 is 2.64 bits per heavy atom. The number of pyridine rings is 1. The maximum Gasteiger partial charge on any atom is 0.257 e. The lowest BCUT2D eigenvalue weighted by Crippen LogP contribution is -2.47. The summed E-state index contributed by atoms with van der Waals surface area (Å²) in [7, 11) is 2.01. The molecule has 2 aromatic rings. The molecule has 1 aliphatic rings. The normalized spacial score (nSPS) is 17.1. The molecular formula is C20H23FN4O3. The van der Waals surface area contributed by atoms with Crippen LogP contribution in [0.3, 0.4) is 0 Å². The Bertz CT molecular complexity index is 910. The maximum absolute atomic E-state index is 13.0. The zero-order valence-corrected chi connectivity index (χ0v) is 15.7. The third-order valence-corrected chi connectivity index (χ3v) is 4.65. The van der Waals surface area contributed by atoms with E-state index in [0.29, 0.717) is 5.69 Å². The molecule has 2 amide bonds. The van der Waals surface area contributed by atoms with E-state index in [1.807, 2.05) is 7.05 Å². The first-order chi connectivity index (χ1) is 13.4. The Morgan fingerprint density at radius 1 is 1.18 bits per heavy atom. The summed E-state index contributed by atoms with van der Waals surface area (Å²) in [5.74, 6) is -1.12. The van der Waals surface area contributed by atoms with Crippen LogP contribution in [0.15, 0.2) is 47.4 Å². The van der Waals surface area contributed by atoms with Crippen molar-refractivity contribution in [2.75, 3.05) is 25.5 Å². The number of hydrogen-bond donors (Lipinski definition) is 2. The van der Waals surface area contributed by atoms with E-state index >= 15 is 0 Å². The van der Waals surface area contributed by atoms with Crippen LogP contribution < -0.4 is 16.2 Å². The second kappa shape index (κ2) is 8.79. The summed E-state index contributed by atoms with van der Waals surface area (Å²) in [4.78, 5) is 38.9. The van der Waals surface area contributed by atoms with Gasteiger partial charge in [-0.05, 0) is 56.8 Å². The van der Waals surface area contributed by atoms with Crippen molar-refractivity contribution in [1.29, 1.82) is 0 Å². The lowest BCUT2D eigenvalue weighted by atomic mass is 10.1. The van der Waals surface area contributed by atoms with Crippen LogP contribution in [0, 0.1) is 5.82 Å². The molecule has 0 aliphatic carbocycles. The lowest BCUT2D eigenvalue weighted by molar-refractivity contribution is -0.122. The highest BCUT2D eigenvalue weighted by Crippen LogP contribution is 2.10. The van der Waals surface area contributed by atoms with Gasteiger partial charge in [0.2, 0.25) is 5.91 Å². The fourth-order valence-corrected chi connectivity index (χ4v) is 3.24. The number of carbonyl (C=O) groups is 2. The molecular weight excluding hydrogens is 363 g/mol. The minimum atomic E-state index is -0.449. The van der Waals surface area contributed by atoms with Crippen LogP contribution in [0.25, 0.3) is 0 Å². The fraction of sp³-hybridized carbons (Fsp3) is 0.350. The Hall–Kier alpha value is -3.00. The van der Waals surface area contributed by atoms with Gasteiger partial charge in [-0.1, -0.05) is 0 Å². The summed E-state index contributed by atoms with van der Waals surface area (Å²) in [6.07, 6.45) is 3.28. The number of halogens is 1. The molecule has 3 rings (SSSR count). The van der Waals surface area contributed by atoms with Crippen LogP contribution in [0.1, 0.15) is 23.2 Å². The van der Waals surface area contributed by atoms with Gasteiger partial charge in [0.15, 0.2) is 0 Å². The standard InChI is InChI=1S/C20H23FN4O3/c1-24-10-2-3-17(12-24)22-18(26)13-25-11-14(4-9-19(25)27)20(28)23-16-7-5-15(21)6-8-16/h4-9,11,17H,2-3,10,12-13H2,1H3,(H,22,26)(H,23,28)/t17-/m0/s1. The van der Waals surface area contributed by atoms with E-state index in [1.54, 1.807) is 0 Å². The molecule has 1 aromatic heterocycles. The predicted octanol–water partition coefficient (Wildman–Crippen LogP) is 1.45. The molecule has 0 unspecified atom stereocenters. The number of hydrogen-bond acceptors (Lipinski definition) is 4. The number of rotatable bonds is 5. The first-order valence-corrected chi connectivity index (χ1v) is 9.16. The van der Waals surface area contributed by atoms with Gasteiger partial charge in [0.05, 0.1) is 5.56 Å². The van der Waals surface area contributed by atoms with E-state index in [4.69, 9.17) is 0 Å². The molecule has 0 radical (unpaired) electrons. The molecule has 0 bridgehead atoms. The third-order valence-electron chi connectivity index (χ3n) is 4.65. The van der Waals surface area contributed by atoms with Crippen molar-refractivity contribution in [3.05, 3.63) is 64.3 Å². The molecule has 148 valence electrons. The van der Waals surface area contributed by atoms with Crippen LogP contribution >= 0.6 is 0 Å². The number of nitrogens with one attached hydrogen (secondary N) is 2. The Balaban J connectivity index is 1.65. The van der Waals surface area contributed by atoms with Gasteiger partial charge >= 0.3 is 0 Å². The molecule has 1 fully saturated rings. The van der Waals surface area contributed by atoms with E-state index < -0.39 is 11.7 Å². The summed E-state index contributed by atoms with van der Waals surface area (Å²) in [5, 5.41) is 5.57. The van der Waals surface area contributed by atoms with E-state index in [0.717, 1.165) is 25.9 Å². The summed E-state index contributed by atoms with van der Waals surface area (Å²) in [6, 6.07) is 8.07. The molecule has 1 aliphatic heterocycles. The molecule has 0 saturated carbocycles. The maximum atomic E-state index is 13.0. The van der Waals surface area contributed by atoms with Crippen molar-refractivity contribution >= 4 is 17.5 Å². The topological polar surface area (TPSA) is 83.4 Å². The van der Waals surface area contributed by atoms with Crippen molar-refractivity contribution in [1.82, 2.24) is 14.8 Å². The smallest absolute Gasteiger partial charge is 0.257 e. The quantitative estimate of drug-likeness (QED) is 0.815. The van der Waals surface area contributed by atoms with Crippen LogP contribution in [-0.4, -0.2) is 47.5 Å². The van der Waals surface area contributed by atoms with E-state index in [2.05, 4.69) is 15.5 Å². The average Bonchev–Trinajstić information content (AvgIpc) is 2.65. The summed E-state index contributed by atoms with van der Waals surface area (Å²) >= 11 is 0. The zero-order valence-electron chi connectivity index (χ0n) is 15.7. The van der Waals surface area contributed by atoms with Crippen molar-refractivity contribution in [3.63, 3.8) is 0 Å². The van der Waals surface area contributed by atoms with Crippen molar-refractivity contribution in [2.45, 2.75) is 25.4 Å². The number of likely N-dealkylation sites (tertiary alicyclic amines) is 1. The molecule has 0 spiro atoms. The van der Waals surface area contributed by atoms with E-state index in [1.165, 1.54) is 47.2 Å². The van der Waals surface area contributed by atoms with Crippen LogP contribution in [0.5, 0.6) is 0 Å². The van der Waals surface area contributed by atoms with Gasteiger partial charge in [0.25, 0.3) is 11.5 Å². The second-order valence-electron chi connectivity index (χ2n) is 7.01. The molecule has 1 atom stereocenters. The highest BCUT2D eigenvalue weighted by molar-refractivity contribution is 6.04. The first kappa shape index (κ1) is 19.8. The molecule has 1 aromatic carbocycles. The van der Waals surface area contributed by atoms with Crippen LogP contribution in [0.2, 0.25) is 0 Å². The van der Waals surface area contributed by atoms with E-state index in [9.17, 15) is 18.8 Å². The largest absolute Gasteiger partial charge is 0.351 e. The number of anilines is 1. The Labute approximate surface area is 162 Å². The first-order valence-electron chi connectivity index (χ1n) is 9.16. The number of piperidine rings is 1. The number of aromatic nitrogens is 1. The predicted molar refractivity (Wildman–Crippen MR) is 104 cm³/mol. The molecule has 28 heavy (non-hydrogen) atoms. The highest BCUT2D eigenvalue weighted by atomic mass is 19.1. The summed E-state index contributed by atoms with van der Waals surface area (Å²) in [5.41, 5.74) is 0.298. The molecule has 2 heterocycles. The second-order valence-corrected chi connectivity index (χ2v) is 7.01. The number of amides is 2. The number of likely N-dealkylation sites (N-methyl/N-ethyl adjacent to an activating group) is 1. The third kappa shape index (κ3) is 5.26. The summed E-state index contributed by atoms with van der Waals surface area (Å²) < 4.78 is 14.2. The number of carbonyl (C=O) groups excluding carboxylic acids is 2. The molecule has 2 N–H and O–H groups in total. The minimum absolute atomic E-state index is 0.0620. The lowest BCUT2D eigenvalue weighted by Gasteiger charge is -2.30. The molecule has 1 saturated heterocycles. The molecule has 8 heteroatoms. The van der Waals surface area contributed by atoms with Gasteiger partial charge < -0.3 is 20.1 Å². The van der Waals surface area contributed by atoms with Gasteiger partial charge in [-0.2, -0.15) is 0 Å². The van der Waals surface area contributed by atoms with E-state index in [-0.39, 0.29) is 29.6 Å². The fourth-order valence-electron chi connectivity index (χ4n) is 3.24.